The second-order valence-electron chi connectivity index (χ2n) is 8.36. The smallest absolute Gasteiger partial charge is 0.339 e. The number of H-pyrrole nitrogens is 1. The van der Waals surface area contributed by atoms with E-state index in [-0.39, 0.29) is 16.9 Å². The molecule has 7 heteroatoms. The van der Waals surface area contributed by atoms with Gasteiger partial charge in [-0.05, 0) is 50.2 Å². The number of rotatable bonds is 2. The molecule has 1 spiro atoms. The number of benzene rings is 1. The Morgan fingerprint density at radius 1 is 1.21 bits per heavy atom. The summed E-state index contributed by atoms with van der Waals surface area (Å²) in [5.74, 6) is 0.402. The van der Waals surface area contributed by atoms with Crippen LogP contribution in [0.2, 0.25) is 0 Å². The fraction of sp³-hybridized carbons (Fsp3) is 0.500. The molecule has 1 saturated heterocycles. The van der Waals surface area contributed by atoms with Crippen molar-refractivity contribution >= 4 is 17.6 Å². The molecule has 5 rings (SSSR count). The van der Waals surface area contributed by atoms with E-state index in [1.54, 1.807) is 0 Å². The summed E-state index contributed by atoms with van der Waals surface area (Å²) in [6.07, 6.45) is 5.81. The van der Waals surface area contributed by atoms with Crippen LogP contribution in [-0.4, -0.2) is 42.7 Å². The van der Waals surface area contributed by atoms with E-state index in [9.17, 15) is 9.59 Å². The van der Waals surface area contributed by atoms with Crippen molar-refractivity contribution in [3.05, 3.63) is 50.9 Å². The number of methoxy groups -OCH3 is 1. The third-order valence-corrected chi connectivity index (χ3v) is 6.84. The standard InChI is InChI=1S/C22H26N4O3/c1-29-20(28)15-6-4-7-16-18(15)23-13-22(16)9-11-26(12-10-22)21-24-17-8-3-2-5-14(17)19(27)25-21/h4,6-7,23H,2-3,5,8-13H2,1H3,(H,24,25,27). The van der Waals surface area contributed by atoms with E-state index in [4.69, 9.17) is 9.72 Å². The van der Waals surface area contributed by atoms with Crippen molar-refractivity contribution in [2.45, 2.75) is 43.9 Å². The van der Waals surface area contributed by atoms with Gasteiger partial charge in [-0.15, -0.1) is 0 Å². The molecule has 152 valence electrons. The van der Waals surface area contributed by atoms with Crippen molar-refractivity contribution in [3.63, 3.8) is 0 Å². The van der Waals surface area contributed by atoms with Gasteiger partial charge in [-0.2, -0.15) is 0 Å². The Hall–Kier alpha value is -2.83. The number of anilines is 2. The first-order chi connectivity index (χ1) is 14.1. The van der Waals surface area contributed by atoms with Crippen molar-refractivity contribution < 1.29 is 9.53 Å². The van der Waals surface area contributed by atoms with Gasteiger partial charge >= 0.3 is 5.97 Å². The number of fused-ring (bicyclic) bond motifs is 3. The van der Waals surface area contributed by atoms with Crippen LogP contribution < -0.4 is 15.8 Å². The average Bonchev–Trinajstić information content (AvgIpc) is 3.12. The molecule has 3 heterocycles. The molecule has 0 bridgehead atoms. The summed E-state index contributed by atoms with van der Waals surface area (Å²) in [6, 6.07) is 5.87. The SMILES string of the molecule is COC(=O)c1cccc2c1NCC21CCN(c2nc3c(c(=O)[nH]2)CCCC3)CC1. The molecule has 1 aliphatic carbocycles. The minimum Gasteiger partial charge on any atom is -0.465 e. The summed E-state index contributed by atoms with van der Waals surface area (Å²) in [6.45, 7) is 2.47. The summed E-state index contributed by atoms with van der Waals surface area (Å²) in [5, 5.41) is 3.46. The number of hydrogen-bond donors (Lipinski definition) is 2. The first-order valence-corrected chi connectivity index (χ1v) is 10.4. The molecule has 0 atom stereocenters. The van der Waals surface area contributed by atoms with Crippen molar-refractivity contribution in [2.75, 3.05) is 37.0 Å². The van der Waals surface area contributed by atoms with E-state index in [1.165, 1.54) is 12.7 Å². The lowest BCUT2D eigenvalue weighted by molar-refractivity contribution is 0.0602. The fourth-order valence-electron chi connectivity index (χ4n) is 5.15. The molecular formula is C22H26N4O3. The zero-order valence-corrected chi connectivity index (χ0v) is 16.7. The van der Waals surface area contributed by atoms with Crippen LogP contribution in [0.4, 0.5) is 11.6 Å². The Morgan fingerprint density at radius 2 is 2.00 bits per heavy atom. The molecule has 0 unspecified atom stereocenters. The molecule has 0 saturated carbocycles. The number of ether oxygens (including phenoxy) is 1. The van der Waals surface area contributed by atoms with Gasteiger partial charge in [0.15, 0.2) is 0 Å². The van der Waals surface area contributed by atoms with Gasteiger partial charge in [-0.1, -0.05) is 12.1 Å². The number of hydrogen-bond acceptors (Lipinski definition) is 6. The number of nitrogens with one attached hydrogen (secondary N) is 2. The van der Waals surface area contributed by atoms with Gasteiger partial charge in [0.25, 0.3) is 5.56 Å². The maximum Gasteiger partial charge on any atom is 0.339 e. The topological polar surface area (TPSA) is 87.3 Å². The quantitative estimate of drug-likeness (QED) is 0.761. The lowest BCUT2D eigenvalue weighted by atomic mass is 9.74. The Labute approximate surface area is 169 Å². The Kier molecular flexibility index (Phi) is 4.33. The highest BCUT2D eigenvalue weighted by Crippen LogP contribution is 2.45. The van der Waals surface area contributed by atoms with E-state index >= 15 is 0 Å². The summed E-state index contributed by atoms with van der Waals surface area (Å²) in [7, 11) is 1.41. The largest absolute Gasteiger partial charge is 0.465 e. The predicted octanol–water partition coefficient (Wildman–Crippen LogP) is 2.40. The first-order valence-electron chi connectivity index (χ1n) is 10.4. The van der Waals surface area contributed by atoms with E-state index in [2.05, 4.69) is 21.3 Å². The number of aromatic amines is 1. The van der Waals surface area contributed by atoms with Crippen LogP contribution in [-0.2, 0) is 23.0 Å². The lowest BCUT2D eigenvalue weighted by Crippen LogP contribution is -2.45. The molecule has 1 aromatic heterocycles. The minimum absolute atomic E-state index is 0.00433. The highest BCUT2D eigenvalue weighted by molar-refractivity contribution is 5.97. The number of carbonyl (C=O) groups excluding carboxylic acids is 1. The number of nitrogens with zero attached hydrogens (tertiary/aromatic N) is 2. The lowest BCUT2D eigenvalue weighted by Gasteiger charge is -2.39. The van der Waals surface area contributed by atoms with Crippen molar-refractivity contribution in [1.29, 1.82) is 0 Å². The normalized spacial score (nSPS) is 19.4. The van der Waals surface area contributed by atoms with Crippen molar-refractivity contribution in [3.8, 4) is 0 Å². The van der Waals surface area contributed by atoms with Crippen LogP contribution in [0.5, 0.6) is 0 Å². The van der Waals surface area contributed by atoms with Crippen LogP contribution in [0.25, 0.3) is 0 Å². The fourth-order valence-corrected chi connectivity index (χ4v) is 5.15. The summed E-state index contributed by atoms with van der Waals surface area (Å²) in [4.78, 5) is 34.6. The van der Waals surface area contributed by atoms with E-state index in [0.717, 1.165) is 75.1 Å². The van der Waals surface area contributed by atoms with Gasteiger partial charge in [-0.25, -0.2) is 9.78 Å². The second-order valence-corrected chi connectivity index (χ2v) is 8.36. The maximum absolute atomic E-state index is 12.5. The third kappa shape index (κ3) is 2.91. The molecule has 2 aromatic rings. The number of piperidine rings is 1. The van der Waals surface area contributed by atoms with Gasteiger partial charge in [0.05, 0.1) is 24.1 Å². The van der Waals surface area contributed by atoms with E-state index in [1.807, 2.05) is 12.1 Å². The number of para-hydroxylation sites is 1. The summed E-state index contributed by atoms with van der Waals surface area (Å²) >= 11 is 0. The monoisotopic (exact) mass is 394 g/mol. The van der Waals surface area contributed by atoms with E-state index < -0.39 is 0 Å². The van der Waals surface area contributed by atoms with Crippen LogP contribution in [0.15, 0.2) is 23.0 Å². The van der Waals surface area contributed by atoms with Crippen molar-refractivity contribution in [2.24, 2.45) is 0 Å². The molecule has 7 nitrogen and oxygen atoms in total. The molecule has 2 N–H and O–H groups in total. The van der Waals surface area contributed by atoms with Gasteiger partial charge in [-0.3, -0.25) is 9.78 Å². The number of aryl methyl sites for hydroxylation is 1. The number of carbonyl (C=O) groups is 1. The molecule has 0 radical (unpaired) electrons. The Bertz CT molecular complexity index is 1020. The van der Waals surface area contributed by atoms with Gasteiger partial charge in [0, 0.05) is 30.6 Å². The van der Waals surface area contributed by atoms with Gasteiger partial charge in [0.2, 0.25) is 5.95 Å². The van der Waals surface area contributed by atoms with Crippen LogP contribution in [0.3, 0.4) is 0 Å². The highest BCUT2D eigenvalue weighted by Gasteiger charge is 2.43. The van der Waals surface area contributed by atoms with Crippen LogP contribution in [0, 0.1) is 0 Å². The summed E-state index contributed by atoms with van der Waals surface area (Å²) in [5.41, 5.74) is 4.60. The second kappa shape index (κ2) is 6.90. The van der Waals surface area contributed by atoms with Crippen LogP contribution in [0.1, 0.15) is 52.9 Å². The highest BCUT2D eigenvalue weighted by atomic mass is 16.5. The summed E-state index contributed by atoms with van der Waals surface area (Å²) < 4.78 is 4.94. The minimum atomic E-state index is -0.306. The number of esters is 1. The zero-order chi connectivity index (χ0) is 20.0. The predicted molar refractivity (Wildman–Crippen MR) is 111 cm³/mol. The molecule has 1 aromatic carbocycles. The average molecular weight is 394 g/mol. The molecule has 0 amide bonds. The Balaban J connectivity index is 1.39. The van der Waals surface area contributed by atoms with E-state index in [0.29, 0.717) is 11.5 Å². The molecule has 1 fully saturated rings. The molecule has 29 heavy (non-hydrogen) atoms. The van der Waals surface area contributed by atoms with Gasteiger partial charge < -0.3 is 15.0 Å². The zero-order valence-electron chi connectivity index (χ0n) is 16.7. The molecule has 2 aliphatic heterocycles. The maximum atomic E-state index is 12.5. The Morgan fingerprint density at radius 3 is 2.79 bits per heavy atom. The third-order valence-electron chi connectivity index (χ3n) is 6.84. The van der Waals surface area contributed by atoms with Gasteiger partial charge in [0.1, 0.15) is 0 Å². The van der Waals surface area contributed by atoms with Crippen molar-refractivity contribution in [1.82, 2.24) is 9.97 Å². The first kappa shape index (κ1) is 18.2. The molecular weight excluding hydrogens is 368 g/mol. The van der Waals surface area contributed by atoms with Crippen LogP contribution >= 0.6 is 0 Å². The molecule has 3 aliphatic rings. The number of aromatic nitrogens is 2.